The minimum absolute atomic E-state index is 0.0824. The molecule has 1 unspecified atom stereocenters. The van der Waals surface area contributed by atoms with Crippen LogP contribution < -0.4 is 11.1 Å². The zero-order valence-electron chi connectivity index (χ0n) is 9.63. The molecule has 1 aliphatic heterocycles. The maximum absolute atomic E-state index is 12.0. The lowest BCUT2D eigenvalue weighted by atomic mass is 10.1. The Morgan fingerprint density at radius 2 is 2.35 bits per heavy atom. The summed E-state index contributed by atoms with van der Waals surface area (Å²) < 4.78 is 0. The number of rotatable bonds is 2. The van der Waals surface area contributed by atoms with Crippen molar-refractivity contribution in [2.24, 2.45) is 5.92 Å². The predicted octanol–water partition coefficient (Wildman–Crippen LogP) is 2.92. The molecule has 0 saturated carbocycles. The number of nitrogen functional groups attached to an aromatic ring is 1. The van der Waals surface area contributed by atoms with Crippen LogP contribution in [0.1, 0.15) is 12.0 Å². The first-order valence-corrected chi connectivity index (χ1v) is 7.05. The van der Waals surface area contributed by atoms with Gasteiger partial charge in [0.15, 0.2) is 0 Å². The average Bonchev–Trinajstić information content (AvgIpc) is 2.79. The van der Waals surface area contributed by atoms with Gasteiger partial charge in [-0.1, -0.05) is 11.6 Å². The minimum Gasteiger partial charge on any atom is -0.398 e. The first-order chi connectivity index (χ1) is 8.08. The third kappa shape index (κ3) is 2.87. The third-order valence-corrected chi connectivity index (χ3v) is 4.39. The number of anilines is 2. The van der Waals surface area contributed by atoms with Gasteiger partial charge in [0.25, 0.3) is 0 Å². The average molecular weight is 271 g/mol. The van der Waals surface area contributed by atoms with Gasteiger partial charge in [0.2, 0.25) is 5.91 Å². The molecule has 92 valence electrons. The molecule has 1 atom stereocenters. The lowest BCUT2D eigenvalue weighted by molar-refractivity contribution is -0.119. The van der Waals surface area contributed by atoms with E-state index in [0.29, 0.717) is 10.7 Å². The molecule has 2 rings (SSSR count). The molecule has 3 nitrogen and oxygen atoms in total. The van der Waals surface area contributed by atoms with E-state index < -0.39 is 0 Å². The molecule has 0 aromatic heterocycles. The van der Waals surface area contributed by atoms with Crippen molar-refractivity contribution < 1.29 is 4.79 Å². The van der Waals surface area contributed by atoms with Crippen molar-refractivity contribution in [2.45, 2.75) is 13.3 Å². The van der Waals surface area contributed by atoms with Gasteiger partial charge in [-0.05, 0) is 36.8 Å². The summed E-state index contributed by atoms with van der Waals surface area (Å²) in [6, 6.07) is 3.49. The van der Waals surface area contributed by atoms with Gasteiger partial charge in [-0.3, -0.25) is 4.79 Å². The van der Waals surface area contributed by atoms with Gasteiger partial charge in [0.1, 0.15) is 0 Å². The highest BCUT2D eigenvalue weighted by molar-refractivity contribution is 7.99. The van der Waals surface area contributed by atoms with E-state index in [1.165, 1.54) is 0 Å². The standard InChI is InChI=1S/C12H15ClN2OS/c1-7-4-10(14)9(13)5-11(7)15-12(16)8-2-3-17-6-8/h4-5,8H,2-3,6,14H2,1H3,(H,15,16). The second-order valence-electron chi connectivity index (χ2n) is 4.24. The molecule has 1 heterocycles. The Labute approximate surface area is 110 Å². The van der Waals surface area contributed by atoms with E-state index in [1.54, 1.807) is 12.1 Å². The van der Waals surface area contributed by atoms with Crippen molar-refractivity contribution in [3.63, 3.8) is 0 Å². The molecule has 3 N–H and O–H groups in total. The number of aryl methyl sites for hydroxylation is 1. The molecule has 0 bridgehead atoms. The Balaban J connectivity index is 2.12. The molecule has 0 spiro atoms. The number of amides is 1. The zero-order chi connectivity index (χ0) is 12.4. The van der Waals surface area contributed by atoms with Crippen molar-refractivity contribution in [2.75, 3.05) is 22.6 Å². The number of halogens is 1. The van der Waals surface area contributed by atoms with Crippen molar-refractivity contribution in [1.29, 1.82) is 0 Å². The van der Waals surface area contributed by atoms with Gasteiger partial charge in [-0.25, -0.2) is 0 Å². The van der Waals surface area contributed by atoms with Gasteiger partial charge >= 0.3 is 0 Å². The largest absolute Gasteiger partial charge is 0.398 e. The fourth-order valence-electron chi connectivity index (χ4n) is 1.81. The van der Waals surface area contributed by atoms with Crippen LogP contribution in [0.25, 0.3) is 0 Å². The van der Waals surface area contributed by atoms with Crippen molar-refractivity contribution in [3.8, 4) is 0 Å². The van der Waals surface area contributed by atoms with E-state index in [2.05, 4.69) is 5.32 Å². The SMILES string of the molecule is Cc1cc(N)c(Cl)cc1NC(=O)C1CCSC1. The van der Waals surface area contributed by atoms with Crippen LogP contribution in [0.4, 0.5) is 11.4 Å². The van der Waals surface area contributed by atoms with Gasteiger partial charge in [0, 0.05) is 17.4 Å². The lowest BCUT2D eigenvalue weighted by Crippen LogP contribution is -2.22. The fraction of sp³-hybridized carbons (Fsp3) is 0.417. The highest BCUT2D eigenvalue weighted by Crippen LogP contribution is 2.29. The molecule has 1 aromatic carbocycles. The molecular formula is C12H15ClN2OS. The van der Waals surface area contributed by atoms with Gasteiger partial charge in [-0.2, -0.15) is 11.8 Å². The first kappa shape index (κ1) is 12.6. The number of hydrogen-bond donors (Lipinski definition) is 2. The monoisotopic (exact) mass is 270 g/mol. The number of nitrogens with two attached hydrogens (primary N) is 1. The fourth-order valence-corrected chi connectivity index (χ4v) is 3.20. The first-order valence-electron chi connectivity index (χ1n) is 5.52. The van der Waals surface area contributed by atoms with E-state index in [0.717, 1.165) is 29.2 Å². The van der Waals surface area contributed by atoms with Crippen LogP contribution in [0.5, 0.6) is 0 Å². The Hall–Kier alpha value is -0.870. The number of carbonyl (C=O) groups is 1. The normalized spacial score (nSPS) is 19.3. The summed E-state index contributed by atoms with van der Waals surface area (Å²) in [7, 11) is 0. The second-order valence-corrected chi connectivity index (χ2v) is 5.80. The van der Waals surface area contributed by atoms with Crippen LogP contribution in [-0.2, 0) is 4.79 Å². The number of nitrogens with one attached hydrogen (secondary N) is 1. The van der Waals surface area contributed by atoms with E-state index in [4.69, 9.17) is 17.3 Å². The summed E-state index contributed by atoms with van der Waals surface area (Å²) in [5.41, 5.74) is 7.93. The number of hydrogen-bond acceptors (Lipinski definition) is 3. The molecule has 1 amide bonds. The maximum atomic E-state index is 12.0. The molecular weight excluding hydrogens is 256 g/mol. The number of thioether (sulfide) groups is 1. The smallest absolute Gasteiger partial charge is 0.228 e. The summed E-state index contributed by atoms with van der Waals surface area (Å²) in [5, 5.41) is 3.41. The van der Waals surface area contributed by atoms with Gasteiger partial charge < -0.3 is 11.1 Å². The Morgan fingerprint density at radius 3 is 3.00 bits per heavy atom. The summed E-state index contributed by atoms with van der Waals surface area (Å²) in [6.45, 7) is 1.91. The molecule has 17 heavy (non-hydrogen) atoms. The summed E-state index contributed by atoms with van der Waals surface area (Å²) in [4.78, 5) is 12.0. The molecule has 0 aliphatic carbocycles. The van der Waals surface area contributed by atoms with Crippen LogP contribution in [-0.4, -0.2) is 17.4 Å². The summed E-state index contributed by atoms with van der Waals surface area (Å²) in [5.74, 6) is 2.18. The quantitative estimate of drug-likeness (QED) is 0.813. The van der Waals surface area contributed by atoms with Gasteiger partial charge in [0.05, 0.1) is 10.7 Å². The molecule has 1 fully saturated rings. The van der Waals surface area contributed by atoms with Gasteiger partial charge in [-0.15, -0.1) is 0 Å². The topological polar surface area (TPSA) is 55.1 Å². The van der Waals surface area contributed by atoms with Crippen LogP contribution in [0.15, 0.2) is 12.1 Å². The summed E-state index contributed by atoms with van der Waals surface area (Å²) >= 11 is 7.77. The molecule has 1 aromatic rings. The van der Waals surface area contributed by atoms with Crippen LogP contribution in [0.2, 0.25) is 5.02 Å². The van der Waals surface area contributed by atoms with E-state index >= 15 is 0 Å². The van der Waals surface area contributed by atoms with Crippen molar-refractivity contribution >= 4 is 40.6 Å². The van der Waals surface area contributed by atoms with Crippen molar-refractivity contribution in [3.05, 3.63) is 22.7 Å². The highest BCUT2D eigenvalue weighted by atomic mass is 35.5. The molecule has 5 heteroatoms. The predicted molar refractivity (Wildman–Crippen MR) is 74.7 cm³/mol. The summed E-state index contributed by atoms with van der Waals surface area (Å²) in [6.07, 6.45) is 0.957. The number of benzene rings is 1. The lowest BCUT2D eigenvalue weighted by Gasteiger charge is -2.13. The van der Waals surface area contributed by atoms with Crippen LogP contribution >= 0.6 is 23.4 Å². The maximum Gasteiger partial charge on any atom is 0.228 e. The minimum atomic E-state index is 0.0824. The van der Waals surface area contributed by atoms with Crippen LogP contribution in [0, 0.1) is 12.8 Å². The number of carbonyl (C=O) groups excluding carboxylic acids is 1. The van der Waals surface area contributed by atoms with E-state index in [9.17, 15) is 4.79 Å². The van der Waals surface area contributed by atoms with Crippen LogP contribution in [0.3, 0.4) is 0 Å². The third-order valence-electron chi connectivity index (χ3n) is 2.90. The van der Waals surface area contributed by atoms with E-state index in [1.807, 2.05) is 18.7 Å². The Bertz CT molecular complexity index is 444. The zero-order valence-corrected chi connectivity index (χ0v) is 11.2. The second kappa shape index (κ2) is 5.19. The van der Waals surface area contributed by atoms with Crippen molar-refractivity contribution in [1.82, 2.24) is 0 Å². The Kier molecular flexibility index (Phi) is 3.84. The Morgan fingerprint density at radius 1 is 1.59 bits per heavy atom. The molecule has 1 aliphatic rings. The molecule has 0 radical (unpaired) electrons. The molecule has 1 saturated heterocycles. The van der Waals surface area contributed by atoms with E-state index in [-0.39, 0.29) is 11.8 Å². The highest BCUT2D eigenvalue weighted by Gasteiger charge is 2.23.